The molecule has 0 aliphatic heterocycles. The van der Waals surface area contributed by atoms with Crippen molar-refractivity contribution in [2.24, 2.45) is 5.73 Å². The molecule has 1 amide bonds. The van der Waals surface area contributed by atoms with Crippen molar-refractivity contribution in [1.82, 2.24) is 5.32 Å². The molecule has 6 heteroatoms. The number of carbonyl (C=O) groups is 2. The predicted molar refractivity (Wildman–Crippen MR) is 46.6 cm³/mol. The molecule has 0 atom stereocenters. The number of primary amides is 1. The molecule has 1 rings (SSSR count). The molecule has 1 heterocycles. The van der Waals surface area contributed by atoms with Gasteiger partial charge in [0.1, 0.15) is 11.3 Å². The largest absolute Gasteiger partial charge is 0.478 e. The van der Waals surface area contributed by atoms with Crippen LogP contribution in [0.25, 0.3) is 0 Å². The first-order chi connectivity index (χ1) is 6.61. The number of rotatable bonds is 5. The maximum Gasteiger partial charge on any atom is 0.339 e. The lowest BCUT2D eigenvalue weighted by atomic mass is 10.2. The van der Waals surface area contributed by atoms with Crippen molar-refractivity contribution in [2.75, 3.05) is 6.54 Å². The van der Waals surface area contributed by atoms with E-state index in [0.29, 0.717) is 0 Å². The zero-order valence-corrected chi connectivity index (χ0v) is 7.32. The number of carboxylic acids is 1. The fourth-order valence-electron chi connectivity index (χ4n) is 0.967. The summed E-state index contributed by atoms with van der Waals surface area (Å²) < 4.78 is 4.91. The smallest absolute Gasteiger partial charge is 0.339 e. The van der Waals surface area contributed by atoms with Crippen LogP contribution in [0.4, 0.5) is 0 Å². The van der Waals surface area contributed by atoms with Gasteiger partial charge in [0, 0.05) is 0 Å². The average Bonchev–Trinajstić information content (AvgIpc) is 2.51. The van der Waals surface area contributed by atoms with E-state index in [4.69, 9.17) is 15.3 Å². The molecular formula is C8H10N2O4. The van der Waals surface area contributed by atoms with Gasteiger partial charge in [0.2, 0.25) is 5.91 Å². The van der Waals surface area contributed by atoms with Gasteiger partial charge in [0.25, 0.3) is 0 Å². The summed E-state index contributed by atoms with van der Waals surface area (Å²) in [5.74, 6) is -1.29. The quantitative estimate of drug-likeness (QED) is 0.594. The second kappa shape index (κ2) is 4.43. The Kier molecular flexibility index (Phi) is 3.24. The first kappa shape index (κ1) is 10.3. The van der Waals surface area contributed by atoms with Gasteiger partial charge >= 0.3 is 5.97 Å². The van der Waals surface area contributed by atoms with Gasteiger partial charge < -0.3 is 20.6 Å². The third kappa shape index (κ3) is 2.60. The number of hydrogen-bond donors (Lipinski definition) is 3. The van der Waals surface area contributed by atoms with Gasteiger partial charge in [-0.25, -0.2) is 4.79 Å². The van der Waals surface area contributed by atoms with Gasteiger partial charge in [-0.05, 0) is 6.07 Å². The van der Waals surface area contributed by atoms with Gasteiger partial charge in [-0.2, -0.15) is 0 Å². The first-order valence-electron chi connectivity index (χ1n) is 3.90. The minimum atomic E-state index is -1.06. The number of carbonyl (C=O) groups excluding carboxylic acids is 1. The summed E-state index contributed by atoms with van der Waals surface area (Å²) in [5.41, 5.74) is 4.97. The number of hydrogen-bond acceptors (Lipinski definition) is 4. The Balaban J connectivity index is 2.54. The van der Waals surface area contributed by atoms with Crippen molar-refractivity contribution < 1.29 is 19.1 Å². The van der Waals surface area contributed by atoms with Crippen LogP contribution in [0.3, 0.4) is 0 Å². The van der Waals surface area contributed by atoms with Crippen LogP contribution < -0.4 is 11.1 Å². The number of furan rings is 1. The third-order valence-electron chi connectivity index (χ3n) is 1.56. The molecule has 0 aromatic carbocycles. The van der Waals surface area contributed by atoms with Crippen LogP contribution in [0.5, 0.6) is 0 Å². The predicted octanol–water partition coefficient (Wildman–Crippen LogP) is -0.447. The molecule has 76 valence electrons. The van der Waals surface area contributed by atoms with Gasteiger partial charge in [0.05, 0.1) is 19.4 Å². The van der Waals surface area contributed by atoms with E-state index in [-0.39, 0.29) is 24.4 Å². The topological polar surface area (TPSA) is 106 Å². The molecule has 1 aromatic rings. The van der Waals surface area contributed by atoms with E-state index in [1.54, 1.807) is 0 Å². The summed E-state index contributed by atoms with van der Waals surface area (Å²) in [6, 6.07) is 1.35. The number of carboxylic acid groups (broad SMARTS) is 1. The minimum Gasteiger partial charge on any atom is -0.478 e. The second-order valence-corrected chi connectivity index (χ2v) is 2.63. The highest BCUT2D eigenvalue weighted by molar-refractivity contribution is 5.88. The van der Waals surface area contributed by atoms with Crippen LogP contribution in [0.1, 0.15) is 16.1 Å². The van der Waals surface area contributed by atoms with Gasteiger partial charge in [-0.1, -0.05) is 0 Å². The molecule has 0 unspecified atom stereocenters. The Morgan fingerprint density at radius 1 is 1.57 bits per heavy atom. The zero-order chi connectivity index (χ0) is 10.6. The van der Waals surface area contributed by atoms with E-state index >= 15 is 0 Å². The van der Waals surface area contributed by atoms with Crippen molar-refractivity contribution in [1.29, 1.82) is 0 Å². The number of nitrogens with two attached hydrogens (primary N) is 1. The highest BCUT2D eigenvalue weighted by atomic mass is 16.4. The molecule has 0 fully saturated rings. The van der Waals surface area contributed by atoms with Crippen LogP contribution in [-0.2, 0) is 11.3 Å². The SMILES string of the molecule is NC(=O)CNCc1occc1C(=O)O. The van der Waals surface area contributed by atoms with Crippen molar-refractivity contribution in [3.63, 3.8) is 0 Å². The minimum absolute atomic E-state index is 0.0141. The number of amides is 1. The van der Waals surface area contributed by atoms with E-state index < -0.39 is 11.9 Å². The third-order valence-corrected chi connectivity index (χ3v) is 1.56. The lowest BCUT2D eigenvalue weighted by Crippen LogP contribution is -2.28. The molecule has 0 aliphatic rings. The fourth-order valence-corrected chi connectivity index (χ4v) is 0.967. The monoisotopic (exact) mass is 198 g/mol. The Bertz CT molecular complexity index is 345. The first-order valence-corrected chi connectivity index (χ1v) is 3.90. The lowest BCUT2D eigenvalue weighted by molar-refractivity contribution is -0.117. The Labute approximate surface area is 79.7 Å². The second-order valence-electron chi connectivity index (χ2n) is 2.63. The Morgan fingerprint density at radius 3 is 2.86 bits per heavy atom. The zero-order valence-electron chi connectivity index (χ0n) is 7.32. The molecule has 0 saturated heterocycles. The summed E-state index contributed by atoms with van der Waals surface area (Å²) in [4.78, 5) is 21.0. The summed E-state index contributed by atoms with van der Waals surface area (Å²) in [7, 11) is 0. The molecule has 0 bridgehead atoms. The molecule has 0 radical (unpaired) electrons. The van der Waals surface area contributed by atoms with Crippen LogP contribution >= 0.6 is 0 Å². The molecular weight excluding hydrogens is 188 g/mol. The summed E-state index contributed by atoms with van der Waals surface area (Å²) in [5, 5.41) is 11.3. The molecule has 1 aromatic heterocycles. The van der Waals surface area contributed by atoms with Crippen molar-refractivity contribution in [3.05, 3.63) is 23.7 Å². The van der Waals surface area contributed by atoms with Gasteiger partial charge in [0.15, 0.2) is 0 Å². The Hall–Kier alpha value is -1.82. The van der Waals surface area contributed by atoms with Crippen LogP contribution in [0.15, 0.2) is 16.7 Å². The maximum absolute atomic E-state index is 10.6. The molecule has 14 heavy (non-hydrogen) atoms. The van der Waals surface area contributed by atoms with E-state index in [1.807, 2.05) is 0 Å². The van der Waals surface area contributed by atoms with Gasteiger partial charge in [-0.3, -0.25) is 4.79 Å². The van der Waals surface area contributed by atoms with E-state index in [2.05, 4.69) is 5.32 Å². The Morgan fingerprint density at radius 2 is 2.29 bits per heavy atom. The maximum atomic E-state index is 10.6. The molecule has 0 aliphatic carbocycles. The van der Waals surface area contributed by atoms with Crippen LogP contribution in [0.2, 0.25) is 0 Å². The summed E-state index contributed by atoms with van der Waals surface area (Å²) >= 11 is 0. The summed E-state index contributed by atoms with van der Waals surface area (Å²) in [6.07, 6.45) is 1.28. The normalized spacial score (nSPS) is 10.0. The molecule has 6 nitrogen and oxygen atoms in total. The molecule has 0 saturated carbocycles. The standard InChI is InChI=1S/C8H10N2O4/c9-7(11)4-10-3-6-5(8(12)13)1-2-14-6/h1-2,10H,3-4H2,(H2,9,11)(H,12,13). The van der Waals surface area contributed by atoms with E-state index in [1.165, 1.54) is 12.3 Å². The van der Waals surface area contributed by atoms with Crippen LogP contribution in [0, 0.1) is 0 Å². The number of aromatic carboxylic acids is 1. The van der Waals surface area contributed by atoms with Crippen molar-refractivity contribution in [3.8, 4) is 0 Å². The van der Waals surface area contributed by atoms with Crippen molar-refractivity contribution in [2.45, 2.75) is 6.54 Å². The fraction of sp³-hybridized carbons (Fsp3) is 0.250. The molecule has 0 spiro atoms. The lowest BCUT2D eigenvalue weighted by Gasteiger charge is -1.99. The van der Waals surface area contributed by atoms with E-state index in [9.17, 15) is 9.59 Å². The van der Waals surface area contributed by atoms with E-state index in [0.717, 1.165) is 0 Å². The number of nitrogens with one attached hydrogen (secondary N) is 1. The highest BCUT2D eigenvalue weighted by Crippen LogP contribution is 2.09. The average molecular weight is 198 g/mol. The van der Waals surface area contributed by atoms with Gasteiger partial charge in [-0.15, -0.1) is 0 Å². The highest BCUT2D eigenvalue weighted by Gasteiger charge is 2.12. The molecule has 4 N–H and O–H groups in total. The van der Waals surface area contributed by atoms with Crippen molar-refractivity contribution >= 4 is 11.9 Å². The summed E-state index contributed by atoms with van der Waals surface area (Å²) in [6.45, 7) is 0.150. The van der Waals surface area contributed by atoms with Crippen LogP contribution in [-0.4, -0.2) is 23.5 Å².